The monoisotopic (exact) mass is 423 g/mol. The molecule has 0 bridgehead atoms. The van der Waals surface area contributed by atoms with Crippen molar-refractivity contribution in [2.24, 2.45) is 0 Å². The Kier molecular flexibility index (Phi) is 4.92. The Hall–Kier alpha value is -3.42. The fraction of sp³-hybridized carbons (Fsp3) is 0. The first kappa shape index (κ1) is 18.9. The number of nitrogens with zero attached hydrogens (tertiary/aromatic N) is 4. The Morgan fingerprint density at radius 3 is 1.21 bits per heavy atom. The second kappa shape index (κ2) is 7.54. The van der Waals surface area contributed by atoms with Gasteiger partial charge in [-0.3, -0.25) is 0 Å². The minimum Gasteiger partial charge on any atom is -0.321 e. The lowest BCUT2D eigenvalue weighted by Crippen LogP contribution is -2.12. The molecule has 4 aromatic heterocycles. The normalized spacial score (nSPS) is 10.8. The molecule has 3 N–H and O–H groups in total. The summed E-state index contributed by atoms with van der Waals surface area (Å²) in [5, 5.41) is 24.9. The molecule has 0 amide bonds. The maximum Gasteiger partial charge on any atom is 0.160 e. The Bertz CT molecular complexity index is 1260. The van der Waals surface area contributed by atoms with Gasteiger partial charge >= 0.3 is 0 Å². The standard InChI is InChI=1S/C20H15Cl2N7/c21-16-18(27-7-1-13(23)2-8-27)17(22)20(29-11-5-15(25)6-12-29)26-19(16)28-9-3-14(24)4-10-28/h1-12,23-25H. The molecule has 0 spiro atoms. The van der Waals surface area contributed by atoms with E-state index in [2.05, 4.69) is 4.98 Å². The van der Waals surface area contributed by atoms with Crippen molar-refractivity contribution in [3.05, 3.63) is 99.7 Å². The highest BCUT2D eigenvalue weighted by atomic mass is 35.5. The van der Waals surface area contributed by atoms with Crippen molar-refractivity contribution < 1.29 is 0 Å². The van der Waals surface area contributed by atoms with Crippen LogP contribution in [0.4, 0.5) is 0 Å². The third-order valence-electron chi connectivity index (χ3n) is 4.26. The number of hydrogen-bond donors (Lipinski definition) is 3. The molecule has 0 aliphatic carbocycles. The molecule has 4 aromatic rings. The van der Waals surface area contributed by atoms with Crippen molar-refractivity contribution in [3.8, 4) is 17.3 Å². The Balaban J connectivity index is 2.05. The predicted molar refractivity (Wildman–Crippen MR) is 110 cm³/mol. The van der Waals surface area contributed by atoms with Crippen LogP contribution in [0.2, 0.25) is 10.0 Å². The maximum atomic E-state index is 7.72. The first-order chi connectivity index (χ1) is 13.9. The van der Waals surface area contributed by atoms with Gasteiger partial charge in [0, 0.05) is 37.2 Å². The second-order valence-electron chi connectivity index (χ2n) is 6.22. The van der Waals surface area contributed by atoms with Crippen LogP contribution in [0.1, 0.15) is 0 Å². The SMILES string of the molecule is N=c1ccn(-c2nc(-n3ccc(=N)cc3)c(Cl)c(-n3ccc(=N)cc3)c2Cl)cc1. The molecule has 0 aromatic carbocycles. The summed E-state index contributed by atoms with van der Waals surface area (Å²) in [7, 11) is 0. The Morgan fingerprint density at radius 2 is 0.862 bits per heavy atom. The minimum atomic E-state index is 0.321. The third kappa shape index (κ3) is 3.65. The van der Waals surface area contributed by atoms with Crippen LogP contribution < -0.4 is 16.1 Å². The summed E-state index contributed by atoms with van der Waals surface area (Å²) >= 11 is 13.5. The molecule has 4 rings (SSSR count). The summed E-state index contributed by atoms with van der Waals surface area (Å²) in [6.45, 7) is 0. The average Bonchev–Trinajstić information content (AvgIpc) is 2.71. The van der Waals surface area contributed by atoms with Crippen LogP contribution in [0, 0.1) is 16.2 Å². The quantitative estimate of drug-likeness (QED) is 0.463. The molecule has 0 aliphatic heterocycles. The average molecular weight is 424 g/mol. The van der Waals surface area contributed by atoms with Crippen LogP contribution in [-0.2, 0) is 0 Å². The van der Waals surface area contributed by atoms with Gasteiger partial charge in [0.25, 0.3) is 0 Å². The van der Waals surface area contributed by atoms with Gasteiger partial charge in [0.15, 0.2) is 11.6 Å². The number of halogens is 2. The molecule has 29 heavy (non-hydrogen) atoms. The van der Waals surface area contributed by atoms with Crippen molar-refractivity contribution in [1.82, 2.24) is 18.7 Å². The van der Waals surface area contributed by atoms with Crippen molar-refractivity contribution >= 4 is 23.2 Å². The van der Waals surface area contributed by atoms with E-state index < -0.39 is 0 Å². The Morgan fingerprint density at radius 1 is 0.552 bits per heavy atom. The second-order valence-corrected chi connectivity index (χ2v) is 6.97. The van der Waals surface area contributed by atoms with Gasteiger partial charge < -0.3 is 29.9 Å². The molecule has 0 atom stereocenters. The van der Waals surface area contributed by atoms with E-state index in [4.69, 9.17) is 39.4 Å². The van der Waals surface area contributed by atoms with E-state index in [9.17, 15) is 0 Å². The molecule has 9 heteroatoms. The van der Waals surface area contributed by atoms with Gasteiger partial charge in [-0.1, -0.05) is 23.2 Å². The molecule has 4 heterocycles. The van der Waals surface area contributed by atoms with Gasteiger partial charge in [0.1, 0.15) is 10.0 Å². The number of hydrogen-bond acceptors (Lipinski definition) is 4. The molecule has 144 valence electrons. The largest absolute Gasteiger partial charge is 0.321 e. The van der Waals surface area contributed by atoms with E-state index in [0.717, 1.165) is 0 Å². The summed E-state index contributed by atoms with van der Waals surface area (Å²) in [4.78, 5) is 4.66. The lowest BCUT2D eigenvalue weighted by molar-refractivity contribution is 0.903. The fourth-order valence-corrected chi connectivity index (χ4v) is 3.50. The lowest BCUT2D eigenvalue weighted by Gasteiger charge is -2.19. The highest BCUT2D eigenvalue weighted by Crippen LogP contribution is 2.35. The van der Waals surface area contributed by atoms with E-state index in [-0.39, 0.29) is 0 Å². The van der Waals surface area contributed by atoms with E-state index in [0.29, 0.717) is 43.4 Å². The minimum absolute atomic E-state index is 0.321. The molecule has 0 saturated carbocycles. The zero-order chi connectivity index (χ0) is 20.5. The van der Waals surface area contributed by atoms with Crippen molar-refractivity contribution in [3.63, 3.8) is 0 Å². The highest BCUT2D eigenvalue weighted by Gasteiger charge is 2.20. The van der Waals surface area contributed by atoms with Crippen LogP contribution in [0.25, 0.3) is 17.3 Å². The zero-order valence-corrected chi connectivity index (χ0v) is 16.5. The molecular weight excluding hydrogens is 409 g/mol. The first-order valence-corrected chi connectivity index (χ1v) is 9.28. The molecule has 0 aliphatic rings. The van der Waals surface area contributed by atoms with Crippen LogP contribution in [-0.4, -0.2) is 18.7 Å². The van der Waals surface area contributed by atoms with Crippen LogP contribution in [0.15, 0.2) is 73.6 Å². The Labute approximate surface area is 175 Å². The van der Waals surface area contributed by atoms with Gasteiger partial charge in [-0.25, -0.2) is 4.98 Å². The molecule has 7 nitrogen and oxygen atoms in total. The number of pyridine rings is 4. The van der Waals surface area contributed by atoms with Crippen LogP contribution >= 0.6 is 23.2 Å². The zero-order valence-electron chi connectivity index (χ0n) is 15.0. The molecule has 0 radical (unpaired) electrons. The lowest BCUT2D eigenvalue weighted by atomic mass is 10.3. The highest BCUT2D eigenvalue weighted by molar-refractivity contribution is 6.39. The van der Waals surface area contributed by atoms with Crippen LogP contribution in [0.3, 0.4) is 0 Å². The van der Waals surface area contributed by atoms with Crippen molar-refractivity contribution in [2.75, 3.05) is 0 Å². The van der Waals surface area contributed by atoms with Gasteiger partial charge in [-0.15, -0.1) is 0 Å². The maximum absolute atomic E-state index is 7.72. The summed E-state index contributed by atoms with van der Waals surface area (Å²) in [5.74, 6) is 0.872. The number of rotatable bonds is 3. The first-order valence-electron chi connectivity index (χ1n) is 8.53. The van der Waals surface area contributed by atoms with E-state index >= 15 is 0 Å². The van der Waals surface area contributed by atoms with Crippen LogP contribution in [0.5, 0.6) is 0 Å². The topological polar surface area (TPSA) is 99.2 Å². The van der Waals surface area contributed by atoms with Crippen molar-refractivity contribution in [1.29, 1.82) is 16.2 Å². The van der Waals surface area contributed by atoms with Gasteiger partial charge in [0.2, 0.25) is 0 Å². The molecular formula is C20H15Cl2N7. The van der Waals surface area contributed by atoms with Gasteiger partial charge in [-0.05, 0) is 36.4 Å². The van der Waals surface area contributed by atoms with E-state index in [1.54, 1.807) is 87.3 Å². The summed E-state index contributed by atoms with van der Waals surface area (Å²) in [6, 6.07) is 9.81. The van der Waals surface area contributed by atoms with E-state index in [1.807, 2.05) is 0 Å². The predicted octanol–water partition coefficient (Wildman–Crippen LogP) is 3.20. The summed E-state index contributed by atoms with van der Waals surface area (Å²) < 4.78 is 5.15. The smallest absolute Gasteiger partial charge is 0.160 e. The summed E-state index contributed by atoms with van der Waals surface area (Å²) in [6.07, 6.45) is 10.2. The number of aromatic nitrogens is 4. The van der Waals surface area contributed by atoms with Crippen molar-refractivity contribution in [2.45, 2.75) is 0 Å². The number of nitrogens with one attached hydrogen (secondary N) is 3. The molecule has 0 unspecified atom stereocenters. The molecule has 0 saturated heterocycles. The van der Waals surface area contributed by atoms with Gasteiger partial charge in [-0.2, -0.15) is 0 Å². The molecule has 0 fully saturated rings. The third-order valence-corrected chi connectivity index (χ3v) is 4.95. The van der Waals surface area contributed by atoms with E-state index in [1.165, 1.54) is 0 Å². The fourth-order valence-electron chi connectivity index (χ4n) is 2.79. The van der Waals surface area contributed by atoms with Gasteiger partial charge in [0.05, 0.1) is 21.8 Å². The summed E-state index contributed by atoms with van der Waals surface area (Å²) in [5.41, 5.74) is 0.512.